The summed E-state index contributed by atoms with van der Waals surface area (Å²) >= 11 is 0. The summed E-state index contributed by atoms with van der Waals surface area (Å²) in [5.41, 5.74) is 0. The number of aliphatic carboxylic acids is 1. The first-order valence-electron chi connectivity index (χ1n) is 25.6. The number of unbranched alkanes of at least 4 members (excludes halogenated alkanes) is 20. The van der Waals surface area contributed by atoms with Crippen molar-refractivity contribution in [2.75, 3.05) is 19.8 Å². The molecule has 0 radical (unpaired) electrons. The molecule has 11 nitrogen and oxygen atoms in total. The Labute approximate surface area is 401 Å². The van der Waals surface area contributed by atoms with Crippen molar-refractivity contribution < 1.29 is 47.8 Å². The minimum absolute atomic E-state index is 0.0931. The van der Waals surface area contributed by atoms with Crippen molar-refractivity contribution in [2.24, 2.45) is 0 Å². The molecule has 378 valence electrons. The fourth-order valence-electron chi connectivity index (χ4n) is 6.81. The summed E-state index contributed by atoms with van der Waals surface area (Å²) in [7, 11) is -4.79. The van der Waals surface area contributed by atoms with Gasteiger partial charge < -0.3 is 25.2 Å². The van der Waals surface area contributed by atoms with Crippen LogP contribution in [0, 0.1) is 0 Å². The first-order valence-corrected chi connectivity index (χ1v) is 27.1. The summed E-state index contributed by atoms with van der Waals surface area (Å²) in [4.78, 5) is 46.0. The van der Waals surface area contributed by atoms with Crippen LogP contribution in [-0.4, -0.2) is 64.9 Å². The van der Waals surface area contributed by atoms with Gasteiger partial charge in [0.2, 0.25) is 5.91 Å². The van der Waals surface area contributed by atoms with Gasteiger partial charge in [-0.1, -0.05) is 227 Å². The van der Waals surface area contributed by atoms with E-state index >= 15 is 0 Å². The number of carbonyl (C=O) groups excluding carboxylic acids is 2. The van der Waals surface area contributed by atoms with E-state index in [1.54, 1.807) is 12.2 Å². The number of carbonyl (C=O) groups is 3. The molecule has 0 fully saturated rings. The molecule has 0 aromatic rings. The highest BCUT2D eigenvalue weighted by Gasteiger charge is 2.28. The molecule has 12 heteroatoms. The monoisotopic (exact) mass is 946 g/mol. The molecule has 3 atom stereocenters. The van der Waals surface area contributed by atoms with Gasteiger partial charge in [-0.2, -0.15) is 0 Å². The van der Waals surface area contributed by atoms with Gasteiger partial charge in [0, 0.05) is 12.8 Å². The number of rotatable bonds is 47. The Morgan fingerprint density at radius 2 is 0.848 bits per heavy atom. The first-order chi connectivity index (χ1) is 32.1. The molecule has 0 saturated carbocycles. The van der Waals surface area contributed by atoms with E-state index in [2.05, 4.69) is 79.9 Å². The molecule has 0 heterocycles. The summed E-state index contributed by atoms with van der Waals surface area (Å²) in [5.74, 6) is -2.55. The van der Waals surface area contributed by atoms with Crippen molar-refractivity contribution in [1.82, 2.24) is 5.32 Å². The van der Waals surface area contributed by atoms with Crippen LogP contribution in [0.5, 0.6) is 0 Å². The van der Waals surface area contributed by atoms with Crippen molar-refractivity contribution in [3.63, 3.8) is 0 Å². The standard InChI is InChI=1S/C54H92NO10P/c1-3-5-7-9-11-13-15-17-19-21-23-25-27-29-31-33-35-37-39-41-43-45-52(57)55-51(54(59)60)49-65-66(61,62)64-48-50(56)47-63-53(58)46-44-42-40-38-36-34-32-30-28-26-24-22-20-18-16-14-12-10-8-6-4-2/h5,7,11,13,17,19,23,25,29,31,35,37,41,43,50-51,56H,3-4,6,8-10,12,14-16,18,20-22,24,26-28,30,32-34,36,38-40,42,44-49H2,1-2H3,(H,55,57)(H,59,60)(H,61,62)/b7-5-,13-11-,19-17-,25-23-,31-29-,37-35-,43-41-. The summed E-state index contributed by atoms with van der Waals surface area (Å²) in [6.07, 6.45) is 60.7. The third-order valence-corrected chi connectivity index (χ3v) is 11.7. The lowest BCUT2D eigenvalue weighted by molar-refractivity contribution is -0.147. The molecule has 0 aromatic carbocycles. The molecule has 0 aliphatic heterocycles. The van der Waals surface area contributed by atoms with Crippen molar-refractivity contribution in [2.45, 2.75) is 219 Å². The summed E-state index contributed by atoms with van der Waals surface area (Å²) < 4.78 is 26.9. The van der Waals surface area contributed by atoms with Crippen molar-refractivity contribution in [3.8, 4) is 0 Å². The highest BCUT2D eigenvalue weighted by Crippen LogP contribution is 2.43. The molecule has 0 bridgehead atoms. The van der Waals surface area contributed by atoms with Gasteiger partial charge in [0.25, 0.3) is 0 Å². The van der Waals surface area contributed by atoms with E-state index in [1.165, 1.54) is 109 Å². The quantitative estimate of drug-likeness (QED) is 0.0199. The molecule has 1 amide bonds. The molecular formula is C54H92NO10P. The molecule has 0 aliphatic rings. The largest absolute Gasteiger partial charge is 0.480 e. The van der Waals surface area contributed by atoms with Crippen LogP contribution < -0.4 is 5.32 Å². The molecule has 0 spiro atoms. The molecular weight excluding hydrogens is 854 g/mol. The smallest absolute Gasteiger partial charge is 0.472 e. The van der Waals surface area contributed by atoms with Crippen LogP contribution >= 0.6 is 7.82 Å². The fourth-order valence-corrected chi connectivity index (χ4v) is 7.58. The average molecular weight is 946 g/mol. The number of ether oxygens (including phenoxy) is 1. The normalized spacial score (nSPS) is 14.2. The molecule has 0 saturated heterocycles. The van der Waals surface area contributed by atoms with Crippen molar-refractivity contribution >= 4 is 25.7 Å². The number of hydrogen-bond donors (Lipinski definition) is 4. The van der Waals surface area contributed by atoms with Gasteiger partial charge in [-0.25, -0.2) is 9.36 Å². The summed E-state index contributed by atoms with van der Waals surface area (Å²) in [6.45, 7) is 2.44. The Hall–Kier alpha value is -3.34. The van der Waals surface area contributed by atoms with Gasteiger partial charge in [-0.3, -0.25) is 18.6 Å². The molecule has 4 N–H and O–H groups in total. The fraction of sp³-hybridized carbons (Fsp3) is 0.685. The van der Waals surface area contributed by atoms with E-state index in [0.717, 1.165) is 57.8 Å². The minimum Gasteiger partial charge on any atom is -0.480 e. The van der Waals surface area contributed by atoms with Crippen molar-refractivity contribution in [1.29, 1.82) is 0 Å². The number of amides is 1. The number of hydrogen-bond acceptors (Lipinski definition) is 8. The third-order valence-electron chi connectivity index (χ3n) is 10.7. The van der Waals surface area contributed by atoms with E-state index in [4.69, 9.17) is 13.8 Å². The number of phosphoric acid groups is 1. The highest BCUT2D eigenvalue weighted by molar-refractivity contribution is 7.47. The van der Waals surface area contributed by atoms with E-state index < -0.39 is 57.6 Å². The zero-order chi connectivity index (χ0) is 48.4. The maximum Gasteiger partial charge on any atom is 0.472 e. The Balaban J connectivity index is 3.94. The second-order valence-corrected chi connectivity index (χ2v) is 18.5. The number of aliphatic hydroxyl groups is 1. The van der Waals surface area contributed by atoms with E-state index in [-0.39, 0.29) is 12.8 Å². The Bertz CT molecular complexity index is 1440. The van der Waals surface area contributed by atoms with Crippen LogP contribution in [0.4, 0.5) is 0 Å². The molecule has 0 aliphatic carbocycles. The number of aliphatic hydroxyl groups excluding tert-OH is 1. The topological polar surface area (TPSA) is 169 Å². The maximum absolute atomic E-state index is 12.3. The summed E-state index contributed by atoms with van der Waals surface area (Å²) in [5, 5.41) is 21.8. The number of esters is 1. The Kier molecular flexibility index (Phi) is 45.7. The summed E-state index contributed by atoms with van der Waals surface area (Å²) in [6, 6.07) is -1.61. The lowest BCUT2D eigenvalue weighted by Gasteiger charge is -2.18. The SMILES string of the molecule is CC/C=C\C/C=C\C/C=C\C/C=C\C/C=C\C/C=C\C/C=C\CC(=O)NC(COP(=O)(O)OCC(O)COC(=O)CCCCCCCCCCCCCCCCCCCCCCC)C(=O)O. The van der Waals surface area contributed by atoms with Crippen LogP contribution in [0.1, 0.15) is 206 Å². The van der Waals surface area contributed by atoms with Gasteiger partial charge in [0.1, 0.15) is 12.7 Å². The Morgan fingerprint density at radius 1 is 0.500 bits per heavy atom. The molecule has 0 rings (SSSR count). The van der Waals surface area contributed by atoms with Crippen LogP contribution in [0.15, 0.2) is 85.1 Å². The van der Waals surface area contributed by atoms with Gasteiger partial charge >= 0.3 is 19.8 Å². The number of carboxylic acid groups (broad SMARTS) is 1. The Morgan fingerprint density at radius 3 is 1.23 bits per heavy atom. The van der Waals surface area contributed by atoms with Crippen molar-refractivity contribution in [3.05, 3.63) is 85.1 Å². The van der Waals surface area contributed by atoms with E-state index in [1.807, 2.05) is 12.2 Å². The predicted molar refractivity (Wildman–Crippen MR) is 272 cm³/mol. The second kappa shape index (κ2) is 48.1. The molecule has 66 heavy (non-hydrogen) atoms. The highest BCUT2D eigenvalue weighted by atomic mass is 31.2. The van der Waals surface area contributed by atoms with Gasteiger partial charge in [0.05, 0.1) is 13.2 Å². The second-order valence-electron chi connectivity index (χ2n) is 17.0. The van der Waals surface area contributed by atoms with Crippen LogP contribution in [-0.2, 0) is 32.7 Å². The van der Waals surface area contributed by atoms with Crippen LogP contribution in [0.25, 0.3) is 0 Å². The first kappa shape index (κ1) is 62.7. The lowest BCUT2D eigenvalue weighted by atomic mass is 10.0. The zero-order valence-electron chi connectivity index (χ0n) is 41.2. The van der Waals surface area contributed by atoms with E-state index in [0.29, 0.717) is 12.8 Å². The maximum atomic E-state index is 12.3. The molecule has 0 aromatic heterocycles. The van der Waals surface area contributed by atoms with Crippen LogP contribution in [0.2, 0.25) is 0 Å². The number of allylic oxidation sites excluding steroid dienone is 13. The number of nitrogens with one attached hydrogen (secondary N) is 1. The van der Waals surface area contributed by atoms with E-state index in [9.17, 15) is 34.1 Å². The van der Waals surface area contributed by atoms with Gasteiger partial charge in [0.15, 0.2) is 6.04 Å². The zero-order valence-corrected chi connectivity index (χ0v) is 42.1. The molecule has 3 unspecified atom stereocenters. The predicted octanol–water partition coefficient (Wildman–Crippen LogP) is 14.2. The van der Waals surface area contributed by atoms with Gasteiger partial charge in [-0.05, 0) is 51.4 Å². The number of carboxylic acids is 1. The average Bonchev–Trinajstić information content (AvgIpc) is 3.29. The third kappa shape index (κ3) is 47.2. The minimum atomic E-state index is -4.79. The number of phosphoric ester groups is 1. The lowest BCUT2D eigenvalue weighted by Crippen LogP contribution is -2.43. The van der Waals surface area contributed by atoms with Crippen LogP contribution in [0.3, 0.4) is 0 Å². The van der Waals surface area contributed by atoms with Gasteiger partial charge in [-0.15, -0.1) is 0 Å².